The van der Waals surface area contributed by atoms with Crippen molar-refractivity contribution in [3.8, 4) is 11.1 Å². The van der Waals surface area contributed by atoms with E-state index in [1.165, 1.54) is 16.7 Å². The van der Waals surface area contributed by atoms with E-state index in [9.17, 15) is 4.79 Å². The van der Waals surface area contributed by atoms with Crippen molar-refractivity contribution in [1.82, 2.24) is 0 Å². The Morgan fingerprint density at radius 1 is 0.970 bits per heavy atom. The van der Waals surface area contributed by atoms with Gasteiger partial charge in [-0.05, 0) is 72.9 Å². The Morgan fingerprint density at radius 3 is 2.27 bits per heavy atom. The number of piperidine rings is 1. The Morgan fingerprint density at radius 2 is 1.64 bits per heavy atom. The van der Waals surface area contributed by atoms with E-state index in [1.807, 2.05) is 50.4 Å². The second-order valence-corrected chi connectivity index (χ2v) is 8.92. The molecule has 0 aliphatic carbocycles. The highest BCUT2D eigenvalue weighted by atomic mass is 35.5. The molecule has 0 bridgehead atoms. The summed E-state index contributed by atoms with van der Waals surface area (Å²) in [6, 6.07) is 24.2. The highest BCUT2D eigenvalue weighted by molar-refractivity contribution is 6.30. The van der Waals surface area contributed by atoms with E-state index in [2.05, 4.69) is 41.3 Å². The third kappa shape index (κ3) is 5.40. The van der Waals surface area contributed by atoms with Gasteiger partial charge in [0.2, 0.25) is 0 Å². The van der Waals surface area contributed by atoms with Crippen molar-refractivity contribution in [2.45, 2.75) is 31.8 Å². The molecule has 3 aromatic carbocycles. The number of ether oxygens (including phenoxy) is 2. The van der Waals surface area contributed by atoms with Crippen molar-refractivity contribution in [2.24, 2.45) is 0 Å². The number of esters is 1. The van der Waals surface area contributed by atoms with Crippen molar-refractivity contribution in [3.05, 3.63) is 88.9 Å². The van der Waals surface area contributed by atoms with Crippen LogP contribution in [0, 0.1) is 0 Å². The first-order valence-corrected chi connectivity index (χ1v) is 11.8. The van der Waals surface area contributed by atoms with Crippen molar-refractivity contribution in [2.75, 3.05) is 31.7 Å². The lowest BCUT2D eigenvalue weighted by Crippen LogP contribution is -2.47. The molecule has 1 aliphatic rings. The zero-order chi connectivity index (χ0) is 23.3. The summed E-state index contributed by atoms with van der Waals surface area (Å²) in [7, 11) is 1.83. The molecule has 4 nitrogen and oxygen atoms in total. The zero-order valence-corrected chi connectivity index (χ0v) is 20.0. The molecule has 0 atom stereocenters. The van der Waals surface area contributed by atoms with E-state index in [0.717, 1.165) is 43.1 Å². The van der Waals surface area contributed by atoms with Crippen molar-refractivity contribution in [1.29, 1.82) is 0 Å². The summed E-state index contributed by atoms with van der Waals surface area (Å²) >= 11 is 6.09. The first-order valence-electron chi connectivity index (χ1n) is 11.4. The molecule has 33 heavy (non-hydrogen) atoms. The van der Waals surface area contributed by atoms with Crippen molar-refractivity contribution in [3.63, 3.8) is 0 Å². The minimum Gasteiger partial charge on any atom is -0.462 e. The summed E-state index contributed by atoms with van der Waals surface area (Å²) in [5, 5.41) is 0.743. The Balaban J connectivity index is 1.46. The molecule has 0 spiro atoms. The lowest BCUT2D eigenvalue weighted by molar-refractivity contribution is -0.0288. The molecular weight excluding hydrogens is 434 g/mol. The third-order valence-electron chi connectivity index (χ3n) is 6.54. The van der Waals surface area contributed by atoms with Crippen LogP contribution in [-0.4, -0.2) is 38.4 Å². The first kappa shape index (κ1) is 23.3. The standard InChI is InChI=1S/C28H30ClNO3/c1-3-33-27(31)22-10-14-25(15-11-22)30-18-16-28(32-2,17-19-30)20-23-6-4-5-7-26(23)21-8-12-24(29)13-9-21/h4-15H,3,16-20H2,1-2H3. The fourth-order valence-electron chi connectivity index (χ4n) is 4.58. The van der Waals surface area contributed by atoms with Gasteiger partial charge in [-0.1, -0.05) is 48.0 Å². The van der Waals surface area contributed by atoms with E-state index in [1.54, 1.807) is 0 Å². The quantitative estimate of drug-likeness (QED) is 0.379. The minimum atomic E-state index is -0.277. The van der Waals surface area contributed by atoms with E-state index in [0.29, 0.717) is 12.2 Å². The first-order chi connectivity index (χ1) is 16.0. The molecule has 1 aliphatic heterocycles. The molecule has 3 aromatic rings. The van der Waals surface area contributed by atoms with E-state index in [4.69, 9.17) is 21.1 Å². The van der Waals surface area contributed by atoms with Gasteiger partial charge < -0.3 is 14.4 Å². The topological polar surface area (TPSA) is 38.8 Å². The van der Waals surface area contributed by atoms with Gasteiger partial charge in [0.05, 0.1) is 17.8 Å². The van der Waals surface area contributed by atoms with Crippen LogP contribution in [0.15, 0.2) is 72.8 Å². The second kappa shape index (κ2) is 10.4. The predicted molar refractivity (Wildman–Crippen MR) is 134 cm³/mol. The number of carbonyl (C=O) groups excluding carboxylic acids is 1. The molecule has 1 heterocycles. The molecule has 172 valence electrons. The molecule has 0 N–H and O–H groups in total. The van der Waals surface area contributed by atoms with Crippen LogP contribution in [0.5, 0.6) is 0 Å². The Bertz CT molecular complexity index is 1070. The maximum Gasteiger partial charge on any atom is 0.338 e. The normalized spacial score (nSPS) is 15.3. The van der Waals surface area contributed by atoms with Gasteiger partial charge in [-0.25, -0.2) is 4.79 Å². The van der Waals surface area contributed by atoms with Crippen LogP contribution in [0.2, 0.25) is 5.02 Å². The number of anilines is 1. The molecule has 5 heteroatoms. The van der Waals surface area contributed by atoms with Gasteiger partial charge in [0.15, 0.2) is 0 Å². The molecule has 4 rings (SSSR count). The van der Waals surface area contributed by atoms with E-state index in [-0.39, 0.29) is 11.6 Å². The molecule has 1 saturated heterocycles. The number of carbonyl (C=O) groups is 1. The largest absolute Gasteiger partial charge is 0.462 e. The number of nitrogens with zero attached hydrogens (tertiary/aromatic N) is 1. The van der Waals surface area contributed by atoms with Crippen LogP contribution >= 0.6 is 11.6 Å². The summed E-state index contributed by atoms with van der Waals surface area (Å²) in [5.74, 6) is -0.277. The molecule has 0 radical (unpaired) electrons. The third-order valence-corrected chi connectivity index (χ3v) is 6.79. The smallest absolute Gasteiger partial charge is 0.338 e. The summed E-state index contributed by atoms with van der Waals surface area (Å²) in [4.78, 5) is 14.3. The number of hydrogen-bond acceptors (Lipinski definition) is 4. The zero-order valence-electron chi connectivity index (χ0n) is 19.2. The summed E-state index contributed by atoms with van der Waals surface area (Å²) in [6.45, 7) is 3.99. The van der Waals surface area contributed by atoms with Gasteiger partial charge in [0.1, 0.15) is 0 Å². The number of halogens is 1. The maximum atomic E-state index is 11.9. The van der Waals surface area contributed by atoms with Gasteiger partial charge in [0, 0.05) is 37.3 Å². The maximum absolute atomic E-state index is 11.9. The van der Waals surface area contributed by atoms with E-state index < -0.39 is 0 Å². The van der Waals surface area contributed by atoms with Crippen LogP contribution in [0.3, 0.4) is 0 Å². The average Bonchev–Trinajstić information content (AvgIpc) is 2.86. The Hall–Kier alpha value is -2.82. The van der Waals surface area contributed by atoms with Crippen LogP contribution in [0.4, 0.5) is 5.69 Å². The van der Waals surface area contributed by atoms with Gasteiger partial charge in [-0.2, -0.15) is 0 Å². The molecular formula is C28H30ClNO3. The van der Waals surface area contributed by atoms with Gasteiger partial charge in [0.25, 0.3) is 0 Å². The average molecular weight is 464 g/mol. The predicted octanol–water partition coefficient (Wildman–Crippen LogP) is 6.41. The fraction of sp³-hybridized carbons (Fsp3) is 0.321. The number of hydrogen-bond donors (Lipinski definition) is 0. The fourth-order valence-corrected chi connectivity index (χ4v) is 4.71. The minimum absolute atomic E-state index is 0.204. The Kier molecular flexibility index (Phi) is 7.36. The molecule has 0 aromatic heterocycles. The monoisotopic (exact) mass is 463 g/mol. The molecule has 0 saturated carbocycles. The van der Waals surface area contributed by atoms with E-state index >= 15 is 0 Å². The van der Waals surface area contributed by atoms with Gasteiger partial charge in [-0.15, -0.1) is 0 Å². The Labute approximate surface area is 201 Å². The lowest BCUT2D eigenvalue weighted by Gasteiger charge is -2.42. The van der Waals surface area contributed by atoms with Crippen LogP contribution < -0.4 is 4.90 Å². The number of rotatable bonds is 7. The molecule has 1 fully saturated rings. The lowest BCUT2D eigenvalue weighted by atomic mass is 9.82. The van der Waals surface area contributed by atoms with Crippen LogP contribution in [-0.2, 0) is 15.9 Å². The SMILES string of the molecule is CCOC(=O)c1ccc(N2CCC(Cc3ccccc3-c3ccc(Cl)cc3)(OC)CC2)cc1. The van der Waals surface area contributed by atoms with Crippen molar-refractivity contribution >= 4 is 23.3 Å². The molecule has 0 amide bonds. The molecule has 0 unspecified atom stereocenters. The van der Waals surface area contributed by atoms with Gasteiger partial charge in [-0.3, -0.25) is 0 Å². The second-order valence-electron chi connectivity index (χ2n) is 8.48. The highest BCUT2D eigenvalue weighted by Crippen LogP contribution is 2.35. The van der Waals surface area contributed by atoms with Crippen LogP contribution in [0.25, 0.3) is 11.1 Å². The van der Waals surface area contributed by atoms with Crippen LogP contribution in [0.1, 0.15) is 35.7 Å². The summed E-state index contributed by atoms with van der Waals surface area (Å²) in [5.41, 5.74) is 5.18. The number of benzene rings is 3. The summed E-state index contributed by atoms with van der Waals surface area (Å²) in [6.07, 6.45) is 2.72. The highest BCUT2D eigenvalue weighted by Gasteiger charge is 2.35. The van der Waals surface area contributed by atoms with Gasteiger partial charge >= 0.3 is 5.97 Å². The van der Waals surface area contributed by atoms with Crippen molar-refractivity contribution < 1.29 is 14.3 Å². The summed E-state index contributed by atoms with van der Waals surface area (Å²) < 4.78 is 11.2. The number of methoxy groups -OCH3 is 1.